The molecule has 0 atom stereocenters. The van der Waals surface area contributed by atoms with Crippen LogP contribution in [-0.4, -0.2) is 27.7 Å². The van der Waals surface area contributed by atoms with E-state index in [1.807, 2.05) is 55.5 Å². The number of aryl methyl sites for hydroxylation is 1. The standard InChI is InChI=1S/C26H26N4O2S/c1-3-31-25-15-23(13-14-24(25)32-17-21-7-5-4-6-8-21)16-28-30-19-27-29-26(30)33-18-22-11-9-20(2)10-12-22/h4-16,19H,3,17-18H2,1-2H3/b28-16-. The zero-order chi connectivity index (χ0) is 22.9. The molecule has 0 saturated heterocycles. The molecule has 0 aliphatic rings. The lowest BCUT2D eigenvalue weighted by molar-refractivity contribution is 0.269. The fourth-order valence-corrected chi connectivity index (χ4v) is 3.90. The summed E-state index contributed by atoms with van der Waals surface area (Å²) >= 11 is 1.60. The lowest BCUT2D eigenvalue weighted by Gasteiger charge is -2.12. The number of nitrogens with zero attached hydrogens (tertiary/aromatic N) is 4. The van der Waals surface area contributed by atoms with Gasteiger partial charge in [0.05, 0.1) is 12.8 Å². The zero-order valence-corrected chi connectivity index (χ0v) is 19.5. The van der Waals surface area contributed by atoms with Crippen molar-refractivity contribution >= 4 is 18.0 Å². The van der Waals surface area contributed by atoms with E-state index in [9.17, 15) is 0 Å². The van der Waals surface area contributed by atoms with E-state index in [1.54, 1.807) is 29.0 Å². The highest BCUT2D eigenvalue weighted by atomic mass is 32.2. The Labute approximate surface area is 198 Å². The first-order chi connectivity index (χ1) is 16.2. The molecular formula is C26H26N4O2S. The predicted octanol–water partition coefficient (Wildman–Crippen LogP) is 5.74. The number of benzene rings is 3. The Morgan fingerprint density at radius 1 is 0.939 bits per heavy atom. The third-order valence-corrected chi connectivity index (χ3v) is 5.83. The number of hydrogen-bond acceptors (Lipinski definition) is 6. The molecule has 0 fully saturated rings. The third kappa shape index (κ3) is 6.46. The average Bonchev–Trinajstić information content (AvgIpc) is 3.30. The van der Waals surface area contributed by atoms with Crippen molar-refractivity contribution in [3.05, 3.63) is 101 Å². The molecule has 0 radical (unpaired) electrons. The molecule has 33 heavy (non-hydrogen) atoms. The van der Waals surface area contributed by atoms with Crippen molar-refractivity contribution < 1.29 is 9.47 Å². The van der Waals surface area contributed by atoms with E-state index in [1.165, 1.54) is 11.1 Å². The Hall–Kier alpha value is -3.58. The van der Waals surface area contributed by atoms with Crippen LogP contribution >= 0.6 is 11.8 Å². The fourth-order valence-electron chi connectivity index (χ4n) is 3.08. The lowest BCUT2D eigenvalue weighted by Crippen LogP contribution is -2.00. The minimum Gasteiger partial charge on any atom is -0.490 e. The van der Waals surface area contributed by atoms with E-state index in [4.69, 9.17) is 9.47 Å². The summed E-state index contributed by atoms with van der Waals surface area (Å²) < 4.78 is 13.5. The van der Waals surface area contributed by atoms with Crippen molar-refractivity contribution in [2.45, 2.75) is 31.4 Å². The van der Waals surface area contributed by atoms with Crippen LogP contribution in [0, 0.1) is 6.92 Å². The third-order valence-electron chi connectivity index (χ3n) is 4.82. The predicted molar refractivity (Wildman–Crippen MR) is 132 cm³/mol. The molecule has 1 aromatic heterocycles. The van der Waals surface area contributed by atoms with Gasteiger partial charge < -0.3 is 9.47 Å². The van der Waals surface area contributed by atoms with Gasteiger partial charge in [-0.15, -0.1) is 10.2 Å². The van der Waals surface area contributed by atoms with Crippen LogP contribution in [0.25, 0.3) is 0 Å². The molecule has 1 heterocycles. The summed E-state index contributed by atoms with van der Waals surface area (Å²) in [6.07, 6.45) is 3.37. The maximum atomic E-state index is 5.98. The Balaban J connectivity index is 1.43. The second-order valence-electron chi connectivity index (χ2n) is 7.39. The minimum atomic E-state index is 0.483. The number of thioether (sulfide) groups is 1. The van der Waals surface area contributed by atoms with E-state index in [2.05, 4.69) is 46.5 Å². The van der Waals surface area contributed by atoms with Crippen LogP contribution in [0.15, 0.2) is 89.4 Å². The summed E-state index contributed by atoms with van der Waals surface area (Å²) in [5.74, 6) is 2.20. The first-order valence-corrected chi connectivity index (χ1v) is 11.8. The maximum absolute atomic E-state index is 5.98. The van der Waals surface area contributed by atoms with Gasteiger partial charge in [-0.25, -0.2) is 0 Å². The van der Waals surface area contributed by atoms with Crippen LogP contribution < -0.4 is 9.47 Å². The summed E-state index contributed by atoms with van der Waals surface area (Å²) in [6.45, 7) is 5.07. The SMILES string of the molecule is CCOc1cc(/C=N\n2cnnc2SCc2ccc(C)cc2)ccc1OCc1ccccc1. The highest BCUT2D eigenvalue weighted by Crippen LogP contribution is 2.29. The molecule has 0 bridgehead atoms. The van der Waals surface area contributed by atoms with E-state index in [0.29, 0.717) is 24.7 Å². The van der Waals surface area contributed by atoms with Crippen molar-refractivity contribution in [1.82, 2.24) is 14.9 Å². The molecule has 0 unspecified atom stereocenters. The first-order valence-electron chi connectivity index (χ1n) is 10.8. The average molecular weight is 459 g/mol. The van der Waals surface area contributed by atoms with Crippen LogP contribution in [0.2, 0.25) is 0 Å². The molecule has 0 saturated carbocycles. The molecule has 0 aliphatic carbocycles. The van der Waals surface area contributed by atoms with Gasteiger partial charge in [0.2, 0.25) is 5.16 Å². The van der Waals surface area contributed by atoms with Gasteiger partial charge in [-0.1, -0.05) is 71.9 Å². The molecule has 4 rings (SSSR count). The van der Waals surface area contributed by atoms with Gasteiger partial charge >= 0.3 is 0 Å². The van der Waals surface area contributed by atoms with Gasteiger partial charge in [0, 0.05) is 5.75 Å². The van der Waals surface area contributed by atoms with Gasteiger partial charge in [0.25, 0.3) is 0 Å². The van der Waals surface area contributed by atoms with E-state index >= 15 is 0 Å². The van der Waals surface area contributed by atoms with Crippen LogP contribution in [0.4, 0.5) is 0 Å². The van der Waals surface area contributed by atoms with Crippen LogP contribution in [0.5, 0.6) is 11.5 Å². The molecular weight excluding hydrogens is 432 g/mol. The zero-order valence-electron chi connectivity index (χ0n) is 18.7. The molecule has 0 amide bonds. The Kier molecular flexibility index (Phi) is 7.76. The monoisotopic (exact) mass is 458 g/mol. The Morgan fingerprint density at radius 3 is 2.55 bits per heavy atom. The molecule has 0 spiro atoms. The number of aromatic nitrogens is 3. The quantitative estimate of drug-likeness (QED) is 0.224. The van der Waals surface area contributed by atoms with Gasteiger partial charge in [0.1, 0.15) is 12.9 Å². The second kappa shape index (κ2) is 11.3. The summed E-state index contributed by atoms with van der Waals surface area (Å²) in [7, 11) is 0. The molecule has 0 N–H and O–H groups in total. The van der Waals surface area contributed by atoms with Gasteiger partial charge in [-0.2, -0.15) is 9.78 Å². The molecule has 4 aromatic rings. The largest absolute Gasteiger partial charge is 0.490 e. The van der Waals surface area contributed by atoms with Crippen LogP contribution in [0.1, 0.15) is 29.2 Å². The molecule has 0 aliphatic heterocycles. The molecule has 6 nitrogen and oxygen atoms in total. The van der Waals surface area contributed by atoms with Gasteiger partial charge in [0.15, 0.2) is 11.5 Å². The van der Waals surface area contributed by atoms with E-state index < -0.39 is 0 Å². The number of hydrogen-bond donors (Lipinski definition) is 0. The Morgan fingerprint density at radius 2 is 1.76 bits per heavy atom. The first kappa shape index (κ1) is 22.6. The van der Waals surface area contributed by atoms with Crippen LogP contribution in [0.3, 0.4) is 0 Å². The summed E-state index contributed by atoms with van der Waals surface area (Å²) in [6, 6.07) is 24.3. The smallest absolute Gasteiger partial charge is 0.212 e. The van der Waals surface area contributed by atoms with Crippen molar-refractivity contribution in [1.29, 1.82) is 0 Å². The molecule has 168 valence electrons. The molecule has 7 heteroatoms. The van der Waals surface area contributed by atoms with E-state index in [-0.39, 0.29) is 0 Å². The summed E-state index contributed by atoms with van der Waals surface area (Å²) in [4.78, 5) is 0. The normalized spacial score (nSPS) is 11.1. The fraction of sp³-hybridized carbons (Fsp3) is 0.192. The summed E-state index contributed by atoms with van der Waals surface area (Å²) in [5.41, 5.74) is 4.48. The Bertz CT molecular complexity index is 1190. The topological polar surface area (TPSA) is 61.5 Å². The number of rotatable bonds is 10. The van der Waals surface area contributed by atoms with Gasteiger partial charge in [-0.05, 0) is 48.7 Å². The highest BCUT2D eigenvalue weighted by molar-refractivity contribution is 7.98. The van der Waals surface area contributed by atoms with Gasteiger partial charge in [-0.3, -0.25) is 0 Å². The van der Waals surface area contributed by atoms with Crippen LogP contribution in [-0.2, 0) is 12.4 Å². The second-order valence-corrected chi connectivity index (χ2v) is 8.33. The van der Waals surface area contributed by atoms with Crippen molar-refractivity contribution in [2.24, 2.45) is 5.10 Å². The number of ether oxygens (including phenoxy) is 2. The van der Waals surface area contributed by atoms with E-state index in [0.717, 1.165) is 22.0 Å². The van der Waals surface area contributed by atoms with Crippen molar-refractivity contribution in [3.63, 3.8) is 0 Å². The van der Waals surface area contributed by atoms with Crippen molar-refractivity contribution in [2.75, 3.05) is 6.61 Å². The molecule has 3 aromatic carbocycles. The lowest BCUT2D eigenvalue weighted by atomic mass is 10.2. The maximum Gasteiger partial charge on any atom is 0.212 e. The minimum absolute atomic E-state index is 0.483. The summed E-state index contributed by atoms with van der Waals surface area (Å²) in [5, 5.41) is 13.5. The highest BCUT2D eigenvalue weighted by Gasteiger charge is 2.08. The van der Waals surface area contributed by atoms with Crippen molar-refractivity contribution in [3.8, 4) is 11.5 Å².